The molecule has 4 rings (SSSR count). The van der Waals surface area contributed by atoms with E-state index in [9.17, 15) is 0 Å². The number of aliphatic imine (C=N–C) groups is 1. The van der Waals surface area contributed by atoms with Crippen molar-refractivity contribution in [1.82, 2.24) is 0 Å². The highest BCUT2D eigenvalue weighted by atomic mass is 79.9. The molecule has 1 fully saturated rings. The van der Waals surface area contributed by atoms with Crippen molar-refractivity contribution in [2.75, 3.05) is 13.2 Å². The Hall–Kier alpha value is -2.23. The van der Waals surface area contributed by atoms with Gasteiger partial charge in [0.25, 0.3) is 0 Å². The quantitative estimate of drug-likeness (QED) is 0.417. The number of halogens is 1. The summed E-state index contributed by atoms with van der Waals surface area (Å²) < 4.78 is 6.64. The van der Waals surface area contributed by atoms with Gasteiger partial charge in [-0.05, 0) is 53.1 Å². The van der Waals surface area contributed by atoms with Crippen LogP contribution in [-0.4, -0.2) is 19.4 Å². The van der Waals surface area contributed by atoms with Crippen molar-refractivity contribution < 1.29 is 4.74 Å². The third-order valence-electron chi connectivity index (χ3n) is 5.30. The van der Waals surface area contributed by atoms with Crippen LogP contribution in [0.2, 0.25) is 0 Å². The van der Waals surface area contributed by atoms with Gasteiger partial charge in [-0.15, -0.1) is 0 Å². The van der Waals surface area contributed by atoms with Crippen LogP contribution >= 0.6 is 15.9 Å². The Labute approximate surface area is 175 Å². The lowest BCUT2D eigenvalue weighted by atomic mass is 9.88. The van der Waals surface area contributed by atoms with Gasteiger partial charge in [0.1, 0.15) is 0 Å². The van der Waals surface area contributed by atoms with Gasteiger partial charge < -0.3 is 4.74 Å². The molecule has 1 aliphatic heterocycles. The average Bonchev–Trinajstić information content (AvgIpc) is 2.76. The monoisotopic (exact) mass is 433 g/mol. The van der Waals surface area contributed by atoms with E-state index in [0.717, 1.165) is 30.5 Å². The molecule has 1 saturated heterocycles. The summed E-state index contributed by atoms with van der Waals surface area (Å²) in [7, 11) is 0. The Morgan fingerprint density at radius 3 is 2.07 bits per heavy atom. The molecule has 1 heterocycles. The molecule has 0 aromatic heterocycles. The van der Waals surface area contributed by atoms with Crippen LogP contribution in [0.4, 0.5) is 0 Å². The van der Waals surface area contributed by atoms with E-state index in [0.29, 0.717) is 5.92 Å². The summed E-state index contributed by atoms with van der Waals surface area (Å²) in [6.07, 6.45) is 4.20. The van der Waals surface area contributed by atoms with Gasteiger partial charge in [-0.25, -0.2) is 0 Å². The van der Waals surface area contributed by atoms with Crippen molar-refractivity contribution in [2.45, 2.75) is 24.8 Å². The molecule has 3 aromatic carbocycles. The van der Waals surface area contributed by atoms with Crippen LogP contribution in [0, 0.1) is 0 Å². The lowest BCUT2D eigenvalue weighted by Crippen LogP contribution is -2.15. The molecular weight excluding hydrogens is 410 g/mol. The average molecular weight is 434 g/mol. The maximum Gasteiger partial charge on any atom is 0.0999 e. The standard InChI is InChI=1S/C25H24BrNO/c26-23-11-12-24(19-13-15-28-16-14-19)22(17-23)18-27-25(20-7-3-1-4-8-20)21-9-5-2-6-10-21/h1-12,17-19,25H,13-16H2. The zero-order valence-electron chi connectivity index (χ0n) is 15.8. The summed E-state index contributed by atoms with van der Waals surface area (Å²) in [4.78, 5) is 5.05. The molecule has 3 aromatic rings. The lowest BCUT2D eigenvalue weighted by molar-refractivity contribution is 0.0853. The highest BCUT2D eigenvalue weighted by Gasteiger charge is 2.19. The van der Waals surface area contributed by atoms with Crippen molar-refractivity contribution >= 4 is 22.1 Å². The molecule has 0 saturated carbocycles. The van der Waals surface area contributed by atoms with Gasteiger partial charge in [-0.2, -0.15) is 0 Å². The predicted molar refractivity (Wildman–Crippen MR) is 119 cm³/mol. The van der Waals surface area contributed by atoms with E-state index in [-0.39, 0.29) is 6.04 Å². The summed E-state index contributed by atoms with van der Waals surface area (Å²) in [5, 5.41) is 0. The first-order valence-corrected chi connectivity index (χ1v) is 10.6. The van der Waals surface area contributed by atoms with Crippen molar-refractivity contribution in [3.8, 4) is 0 Å². The Bertz CT molecular complexity index is 878. The lowest BCUT2D eigenvalue weighted by Gasteiger charge is -2.24. The van der Waals surface area contributed by atoms with Crippen LogP contribution in [0.5, 0.6) is 0 Å². The van der Waals surface area contributed by atoms with E-state index < -0.39 is 0 Å². The van der Waals surface area contributed by atoms with E-state index in [1.807, 2.05) is 12.1 Å². The van der Waals surface area contributed by atoms with Crippen LogP contribution in [0.3, 0.4) is 0 Å². The van der Waals surface area contributed by atoms with Crippen LogP contribution in [0.1, 0.15) is 47.1 Å². The molecule has 142 valence electrons. The maximum absolute atomic E-state index is 5.56. The van der Waals surface area contributed by atoms with Crippen molar-refractivity contribution in [2.24, 2.45) is 4.99 Å². The summed E-state index contributed by atoms with van der Waals surface area (Å²) >= 11 is 3.63. The van der Waals surface area contributed by atoms with Crippen molar-refractivity contribution in [1.29, 1.82) is 0 Å². The summed E-state index contributed by atoms with van der Waals surface area (Å²) in [6.45, 7) is 1.68. The van der Waals surface area contributed by atoms with E-state index >= 15 is 0 Å². The minimum absolute atomic E-state index is 0.0103. The van der Waals surface area contributed by atoms with Crippen LogP contribution < -0.4 is 0 Å². The molecule has 0 N–H and O–H groups in total. The molecule has 3 heteroatoms. The normalized spacial score (nSPS) is 15.4. The largest absolute Gasteiger partial charge is 0.381 e. The number of rotatable bonds is 5. The molecule has 28 heavy (non-hydrogen) atoms. The van der Waals surface area contributed by atoms with Gasteiger partial charge in [0.2, 0.25) is 0 Å². The zero-order valence-corrected chi connectivity index (χ0v) is 17.4. The Morgan fingerprint density at radius 2 is 1.46 bits per heavy atom. The van der Waals surface area contributed by atoms with Gasteiger partial charge in [-0.3, -0.25) is 4.99 Å². The highest BCUT2D eigenvalue weighted by Crippen LogP contribution is 2.31. The molecule has 0 radical (unpaired) electrons. The number of nitrogens with zero attached hydrogens (tertiary/aromatic N) is 1. The van der Waals surface area contributed by atoms with E-state index in [1.54, 1.807) is 0 Å². The topological polar surface area (TPSA) is 21.6 Å². The maximum atomic E-state index is 5.56. The fourth-order valence-corrected chi connectivity index (χ4v) is 4.21. The highest BCUT2D eigenvalue weighted by molar-refractivity contribution is 9.10. The molecule has 0 atom stereocenters. The van der Waals surface area contributed by atoms with E-state index in [4.69, 9.17) is 9.73 Å². The molecule has 0 aliphatic carbocycles. The fourth-order valence-electron chi connectivity index (χ4n) is 3.83. The first kappa shape index (κ1) is 19.1. The Morgan fingerprint density at radius 1 is 0.857 bits per heavy atom. The predicted octanol–water partition coefficient (Wildman–Crippen LogP) is 6.55. The van der Waals surface area contributed by atoms with E-state index in [1.165, 1.54) is 22.3 Å². The summed E-state index contributed by atoms with van der Waals surface area (Å²) in [6, 6.07) is 27.5. The van der Waals surface area contributed by atoms with Gasteiger partial charge >= 0.3 is 0 Å². The number of hydrogen-bond donors (Lipinski definition) is 0. The van der Waals surface area contributed by atoms with Crippen LogP contribution in [0.25, 0.3) is 0 Å². The minimum atomic E-state index is -0.0103. The zero-order chi connectivity index (χ0) is 19.2. The first-order valence-electron chi connectivity index (χ1n) is 9.81. The Kier molecular flexibility index (Phi) is 6.35. The van der Waals surface area contributed by atoms with E-state index in [2.05, 4.69) is 88.9 Å². The van der Waals surface area contributed by atoms with Gasteiger partial charge in [0.15, 0.2) is 0 Å². The molecule has 0 spiro atoms. The molecule has 2 nitrogen and oxygen atoms in total. The van der Waals surface area contributed by atoms with Gasteiger partial charge in [0.05, 0.1) is 6.04 Å². The van der Waals surface area contributed by atoms with Gasteiger partial charge in [0, 0.05) is 23.9 Å². The van der Waals surface area contributed by atoms with Crippen molar-refractivity contribution in [3.05, 3.63) is 106 Å². The number of ether oxygens (including phenoxy) is 1. The fraction of sp³-hybridized carbons (Fsp3) is 0.240. The van der Waals surface area contributed by atoms with Crippen molar-refractivity contribution in [3.63, 3.8) is 0 Å². The molecule has 0 amide bonds. The Balaban J connectivity index is 1.70. The summed E-state index contributed by atoms with van der Waals surface area (Å²) in [5.41, 5.74) is 4.97. The number of benzene rings is 3. The third kappa shape index (κ3) is 4.60. The molecular formula is C25H24BrNO. The second-order valence-corrected chi connectivity index (χ2v) is 8.08. The molecule has 1 aliphatic rings. The second-order valence-electron chi connectivity index (χ2n) is 7.16. The molecule has 0 unspecified atom stereocenters. The van der Waals surface area contributed by atoms with Gasteiger partial charge in [-0.1, -0.05) is 82.7 Å². The number of hydrogen-bond acceptors (Lipinski definition) is 2. The minimum Gasteiger partial charge on any atom is -0.381 e. The smallest absolute Gasteiger partial charge is 0.0999 e. The van der Waals surface area contributed by atoms with Crippen LogP contribution in [-0.2, 0) is 4.74 Å². The SMILES string of the molecule is Brc1ccc(C2CCOCC2)c(C=NC(c2ccccc2)c2ccccc2)c1. The summed E-state index contributed by atoms with van der Waals surface area (Å²) in [5.74, 6) is 0.537. The second kappa shape index (κ2) is 9.31. The third-order valence-corrected chi connectivity index (χ3v) is 5.80. The molecule has 0 bridgehead atoms. The first-order chi connectivity index (χ1) is 13.8. The van der Waals surface area contributed by atoms with Crippen LogP contribution in [0.15, 0.2) is 88.3 Å².